The average molecular weight is 234 g/mol. The molecule has 10 heavy (non-hydrogen) atoms. The van der Waals surface area contributed by atoms with Gasteiger partial charge < -0.3 is 17.5 Å². The fraction of sp³-hybridized carbons (Fsp3) is 0.143. The normalized spacial score (nSPS) is 7.30. The average Bonchev–Trinajstić information content (AvgIpc) is 1.77. The standard InChI is InChI=1S/C7H8O.ClH.Zr/c1-6-2-4-7(8)5-3-6;;/h2-5,8H,1H3;1H;/q;;+2/p-2. The molecule has 1 aromatic carbocycles. The van der Waals surface area contributed by atoms with Gasteiger partial charge in [-0.3, -0.25) is 0 Å². The molecule has 0 aliphatic heterocycles. The Labute approximate surface area is 86.0 Å². The third kappa shape index (κ3) is 4.08. The van der Waals surface area contributed by atoms with Gasteiger partial charge in [-0.05, 0) is 6.92 Å². The van der Waals surface area contributed by atoms with Gasteiger partial charge in [-0.1, -0.05) is 29.8 Å². The van der Waals surface area contributed by atoms with E-state index in [1.54, 1.807) is 12.1 Å². The molecule has 0 unspecified atom stereocenters. The van der Waals surface area contributed by atoms with Crippen LogP contribution in [0.3, 0.4) is 0 Å². The zero-order valence-electron chi connectivity index (χ0n) is 5.60. The summed E-state index contributed by atoms with van der Waals surface area (Å²) in [7, 11) is 0. The van der Waals surface area contributed by atoms with Crippen LogP contribution in [0.4, 0.5) is 0 Å². The van der Waals surface area contributed by atoms with Crippen molar-refractivity contribution >= 4 is 0 Å². The van der Waals surface area contributed by atoms with E-state index >= 15 is 0 Å². The molecule has 0 heterocycles. The quantitative estimate of drug-likeness (QED) is 0.512. The van der Waals surface area contributed by atoms with Gasteiger partial charge in [0.2, 0.25) is 0 Å². The molecule has 0 bridgehead atoms. The molecule has 0 spiro atoms. The van der Waals surface area contributed by atoms with E-state index in [9.17, 15) is 5.11 Å². The Morgan fingerprint density at radius 3 is 1.80 bits per heavy atom. The van der Waals surface area contributed by atoms with Crippen LogP contribution in [0, 0.1) is 6.92 Å². The van der Waals surface area contributed by atoms with Gasteiger partial charge >= 0.3 is 26.2 Å². The number of hydrogen-bond donors (Lipinski definition) is 0. The summed E-state index contributed by atoms with van der Waals surface area (Å²) in [6.45, 7) is 1.96. The topological polar surface area (TPSA) is 23.1 Å². The SMILES string of the molecule is Cc1ccc([O-])cc1.[Cl-].[Zr+2]. The third-order valence-corrected chi connectivity index (χ3v) is 1.02. The summed E-state index contributed by atoms with van der Waals surface area (Å²) >= 11 is 0. The number of hydrogen-bond acceptors (Lipinski definition) is 1. The molecule has 0 amide bonds. The van der Waals surface area contributed by atoms with Gasteiger partial charge in [0.1, 0.15) is 0 Å². The predicted molar refractivity (Wildman–Crippen MR) is 30.6 cm³/mol. The Morgan fingerprint density at radius 1 is 1.10 bits per heavy atom. The van der Waals surface area contributed by atoms with E-state index < -0.39 is 0 Å². The Balaban J connectivity index is 0. The molecule has 0 aromatic heterocycles. The van der Waals surface area contributed by atoms with Crippen LogP contribution in [0.2, 0.25) is 0 Å². The zero-order valence-corrected chi connectivity index (χ0v) is 8.81. The van der Waals surface area contributed by atoms with Crippen LogP contribution >= 0.6 is 0 Å². The Bertz CT molecular complexity index is 152. The second-order valence-corrected chi connectivity index (χ2v) is 1.81. The Hall–Kier alpha value is 0.193. The summed E-state index contributed by atoms with van der Waals surface area (Å²) in [5.74, 6) is 0.0793. The minimum absolute atomic E-state index is 0. The molecule has 0 saturated carbocycles. The molecule has 52 valence electrons. The molecule has 0 saturated heterocycles. The summed E-state index contributed by atoms with van der Waals surface area (Å²) in [5.41, 5.74) is 1.13. The largest absolute Gasteiger partial charge is 2.00 e. The van der Waals surface area contributed by atoms with Gasteiger partial charge in [0, 0.05) is 0 Å². The van der Waals surface area contributed by atoms with Gasteiger partial charge in [-0.25, -0.2) is 0 Å². The van der Waals surface area contributed by atoms with Crippen molar-refractivity contribution in [3.8, 4) is 5.75 Å². The van der Waals surface area contributed by atoms with Crippen LogP contribution in [-0.4, -0.2) is 0 Å². The molecular weight excluding hydrogens is 227 g/mol. The Morgan fingerprint density at radius 2 is 1.50 bits per heavy atom. The van der Waals surface area contributed by atoms with Crippen LogP contribution < -0.4 is 17.5 Å². The summed E-state index contributed by atoms with van der Waals surface area (Å²) in [4.78, 5) is 0. The first-order valence-corrected chi connectivity index (χ1v) is 2.53. The smallest absolute Gasteiger partial charge is 1.00 e. The van der Waals surface area contributed by atoms with E-state index in [0.29, 0.717) is 0 Å². The van der Waals surface area contributed by atoms with E-state index in [1.807, 2.05) is 19.1 Å². The summed E-state index contributed by atoms with van der Waals surface area (Å²) in [6, 6.07) is 6.75. The first-order valence-electron chi connectivity index (χ1n) is 2.53. The fourth-order valence-electron chi connectivity index (χ4n) is 0.538. The molecule has 0 atom stereocenters. The first-order chi connectivity index (χ1) is 3.79. The van der Waals surface area contributed by atoms with Crippen molar-refractivity contribution in [2.45, 2.75) is 6.92 Å². The van der Waals surface area contributed by atoms with Gasteiger partial charge in [-0.15, -0.1) is 5.75 Å². The van der Waals surface area contributed by atoms with E-state index in [0.717, 1.165) is 5.56 Å². The molecule has 0 aliphatic carbocycles. The number of aryl methyl sites for hydroxylation is 1. The molecule has 0 radical (unpaired) electrons. The van der Waals surface area contributed by atoms with Crippen molar-refractivity contribution in [2.24, 2.45) is 0 Å². The first kappa shape index (κ1) is 12.8. The van der Waals surface area contributed by atoms with Crippen LogP contribution in [0.25, 0.3) is 0 Å². The van der Waals surface area contributed by atoms with E-state index in [4.69, 9.17) is 0 Å². The van der Waals surface area contributed by atoms with E-state index in [2.05, 4.69) is 0 Å². The van der Waals surface area contributed by atoms with Gasteiger partial charge in [0.05, 0.1) is 0 Å². The van der Waals surface area contributed by atoms with E-state index in [-0.39, 0.29) is 44.4 Å². The minimum atomic E-state index is 0. The maximum Gasteiger partial charge on any atom is 2.00 e. The molecule has 0 aliphatic rings. The monoisotopic (exact) mass is 232 g/mol. The summed E-state index contributed by atoms with van der Waals surface area (Å²) in [5, 5.41) is 10.4. The van der Waals surface area contributed by atoms with Crippen molar-refractivity contribution in [1.82, 2.24) is 0 Å². The summed E-state index contributed by atoms with van der Waals surface area (Å²) < 4.78 is 0. The van der Waals surface area contributed by atoms with Crippen LogP contribution in [0.1, 0.15) is 5.56 Å². The van der Waals surface area contributed by atoms with Crippen LogP contribution in [0.15, 0.2) is 24.3 Å². The molecular formula is C7H7ClOZr. The van der Waals surface area contributed by atoms with Gasteiger partial charge in [-0.2, -0.15) is 0 Å². The molecule has 0 N–H and O–H groups in total. The Kier molecular flexibility index (Phi) is 7.62. The second-order valence-electron chi connectivity index (χ2n) is 1.81. The zero-order chi connectivity index (χ0) is 5.98. The number of benzene rings is 1. The maximum atomic E-state index is 10.4. The van der Waals surface area contributed by atoms with E-state index in [1.165, 1.54) is 0 Å². The molecule has 3 heteroatoms. The molecule has 0 fully saturated rings. The van der Waals surface area contributed by atoms with Crippen molar-refractivity contribution in [3.05, 3.63) is 29.8 Å². The van der Waals surface area contributed by atoms with Gasteiger partial charge in [0.25, 0.3) is 0 Å². The maximum absolute atomic E-state index is 10.4. The second kappa shape index (κ2) is 5.94. The van der Waals surface area contributed by atoms with Gasteiger partial charge in [0.15, 0.2) is 0 Å². The fourth-order valence-corrected chi connectivity index (χ4v) is 0.538. The minimum Gasteiger partial charge on any atom is -1.00 e. The summed E-state index contributed by atoms with van der Waals surface area (Å²) in [6.07, 6.45) is 0. The number of rotatable bonds is 0. The van der Waals surface area contributed by atoms with Crippen molar-refractivity contribution in [2.75, 3.05) is 0 Å². The third-order valence-electron chi connectivity index (χ3n) is 1.02. The van der Waals surface area contributed by atoms with Crippen LogP contribution in [-0.2, 0) is 26.2 Å². The van der Waals surface area contributed by atoms with Crippen molar-refractivity contribution in [3.63, 3.8) is 0 Å². The predicted octanol–water partition coefficient (Wildman–Crippen LogP) is -1.93. The van der Waals surface area contributed by atoms with Crippen molar-refractivity contribution < 1.29 is 43.7 Å². The molecule has 1 nitrogen and oxygen atoms in total. The molecule has 1 aromatic rings. The molecule has 1 rings (SSSR count). The van der Waals surface area contributed by atoms with Crippen LogP contribution in [0.5, 0.6) is 5.75 Å². The van der Waals surface area contributed by atoms with Crippen molar-refractivity contribution in [1.29, 1.82) is 0 Å². The number of halogens is 1.